The lowest BCUT2D eigenvalue weighted by Crippen LogP contribution is -2.51. The van der Waals surface area contributed by atoms with Gasteiger partial charge in [-0.1, -0.05) is 12.5 Å². The fraction of sp³-hybridized carbons (Fsp3) is 0.571. The van der Waals surface area contributed by atoms with Crippen LogP contribution in [0.5, 0.6) is 0 Å². The van der Waals surface area contributed by atoms with Gasteiger partial charge in [0.1, 0.15) is 0 Å². The largest absolute Gasteiger partial charge is 0.416 e. The molecule has 1 heterocycles. The summed E-state index contributed by atoms with van der Waals surface area (Å²) in [6.07, 6.45) is -2.41. The topological polar surface area (TPSA) is 63.4 Å². The number of nitrogens with two attached hydrogens (primary N) is 1. The minimum Gasteiger partial charge on any atom is -0.326 e. The quantitative estimate of drug-likeness (QED) is 0.887. The molecule has 0 radical (unpaired) electrons. The zero-order chi connectivity index (χ0) is 16.5. The van der Waals surface area contributed by atoms with E-state index in [-0.39, 0.29) is 35.9 Å². The third kappa shape index (κ3) is 4.37. The Morgan fingerprint density at radius 3 is 2.52 bits per heavy atom. The highest BCUT2D eigenvalue weighted by Gasteiger charge is 2.37. The van der Waals surface area contributed by atoms with Crippen molar-refractivity contribution in [3.05, 3.63) is 29.8 Å². The number of nitrogens with zero attached hydrogens (tertiary/aromatic N) is 1. The summed E-state index contributed by atoms with van der Waals surface area (Å²) in [6, 6.07) is 3.09. The second-order valence-electron chi connectivity index (χ2n) is 5.56. The van der Waals surface area contributed by atoms with Crippen LogP contribution in [-0.2, 0) is 16.2 Å². The SMILES string of the molecule is CC(N)C1CCCCN1S(=O)(=O)c1cccc(C(F)(F)F)c1.Cl. The lowest BCUT2D eigenvalue weighted by molar-refractivity contribution is -0.137. The predicted octanol–water partition coefficient (Wildman–Crippen LogP) is 3.02. The van der Waals surface area contributed by atoms with Gasteiger partial charge in [-0.15, -0.1) is 12.4 Å². The Morgan fingerprint density at radius 2 is 1.96 bits per heavy atom. The van der Waals surface area contributed by atoms with Crippen LogP contribution < -0.4 is 5.73 Å². The van der Waals surface area contributed by atoms with Crippen LogP contribution in [0, 0.1) is 0 Å². The number of rotatable bonds is 3. The monoisotopic (exact) mass is 372 g/mol. The second kappa shape index (κ2) is 7.38. The molecule has 4 nitrogen and oxygen atoms in total. The molecule has 0 spiro atoms. The Bertz CT molecular complexity index is 635. The van der Waals surface area contributed by atoms with E-state index in [1.54, 1.807) is 6.92 Å². The first-order valence-electron chi connectivity index (χ1n) is 7.09. The molecule has 132 valence electrons. The van der Waals surface area contributed by atoms with E-state index in [4.69, 9.17) is 5.73 Å². The van der Waals surface area contributed by atoms with Crippen LogP contribution >= 0.6 is 12.4 Å². The van der Waals surface area contributed by atoms with Gasteiger partial charge in [-0.05, 0) is 38.0 Å². The molecule has 1 aliphatic heterocycles. The van der Waals surface area contributed by atoms with Gasteiger partial charge in [-0.2, -0.15) is 17.5 Å². The summed E-state index contributed by atoms with van der Waals surface area (Å²) < 4.78 is 64.9. The zero-order valence-electron chi connectivity index (χ0n) is 12.6. The molecule has 9 heteroatoms. The van der Waals surface area contributed by atoms with Gasteiger partial charge in [0.05, 0.1) is 10.5 Å². The molecule has 1 fully saturated rings. The van der Waals surface area contributed by atoms with E-state index in [1.165, 1.54) is 10.4 Å². The molecule has 2 atom stereocenters. The van der Waals surface area contributed by atoms with Gasteiger partial charge in [-0.3, -0.25) is 0 Å². The van der Waals surface area contributed by atoms with Crippen LogP contribution in [0.4, 0.5) is 13.2 Å². The fourth-order valence-electron chi connectivity index (χ4n) is 2.72. The number of hydrogen-bond acceptors (Lipinski definition) is 3. The molecular weight excluding hydrogens is 353 g/mol. The third-order valence-electron chi connectivity index (χ3n) is 3.87. The number of halogens is 4. The molecule has 2 rings (SSSR count). The van der Waals surface area contributed by atoms with Crippen molar-refractivity contribution in [3.63, 3.8) is 0 Å². The van der Waals surface area contributed by atoms with E-state index < -0.39 is 21.8 Å². The number of alkyl halides is 3. The molecule has 0 aromatic heterocycles. The maximum Gasteiger partial charge on any atom is 0.416 e. The highest BCUT2D eigenvalue weighted by atomic mass is 35.5. The molecule has 2 N–H and O–H groups in total. The van der Waals surface area contributed by atoms with E-state index in [1.807, 2.05) is 0 Å². The first kappa shape index (κ1) is 20.2. The average molecular weight is 373 g/mol. The van der Waals surface area contributed by atoms with Gasteiger partial charge >= 0.3 is 6.18 Å². The zero-order valence-corrected chi connectivity index (χ0v) is 14.2. The summed E-state index contributed by atoms with van der Waals surface area (Å²) in [6.45, 7) is 2.00. The minimum atomic E-state index is -4.58. The molecule has 23 heavy (non-hydrogen) atoms. The van der Waals surface area contributed by atoms with Crippen molar-refractivity contribution in [2.75, 3.05) is 6.54 Å². The van der Waals surface area contributed by atoms with Crippen molar-refractivity contribution in [2.45, 2.75) is 49.3 Å². The smallest absolute Gasteiger partial charge is 0.326 e. The molecule has 0 saturated carbocycles. The number of piperidine rings is 1. The molecule has 2 unspecified atom stereocenters. The Balaban J connectivity index is 0.00000264. The van der Waals surface area contributed by atoms with Crippen LogP contribution in [0.2, 0.25) is 0 Å². The van der Waals surface area contributed by atoms with E-state index in [2.05, 4.69) is 0 Å². The lowest BCUT2D eigenvalue weighted by Gasteiger charge is -2.36. The predicted molar refractivity (Wildman–Crippen MR) is 83.9 cm³/mol. The van der Waals surface area contributed by atoms with Crippen LogP contribution in [0.1, 0.15) is 31.7 Å². The van der Waals surface area contributed by atoms with Crippen LogP contribution in [0.15, 0.2) is 29.2 Å². The van der Waals surface area contributed by atoms with Gasteiger partial charge in [0.2, 0.25) is 10.0 Å². The van der Waals surface area contributed by atoms with Crippen molar-refractivity contribution >= 4 is 22.4 Å². The lowest BCUT2D eigenvalue weighted by atomic mass is 10.00. The van der Waals surface area contributed by atoms with Crippen molar-refractivity contribution in [1.29, 1.82) is 0 Å². The van der Waals surface area contributed by atoms with Crippen molar-refractivity contribution in [2.24, 2.45) is 5.73 Å². The summed E-state index contributed by atoms with van der Waals surface area (Å²) in [5.74, 6) is 0. The summed E-state index contributed by atoms with van der Waals surface area (Å²) in [4.78, 5) is -0.338. The minimum absolute atomic E-state index is 0. The van der Waals surface area contributed by atoms with Crippen molar-refractivity contribution in [3.8, 4) is 0 Å². The van der Waals surface area contributed by atoms with Gasteiger partial charge in [0, 0.05) is 18.6 Å². The third-order valence-corrected chi connectivity index (χ3v) is 5.79. The molecule has 0 aliphatic carbocycles. The Labute approximate surface area is 140 Å². The molecule has 1 aliphatic rings. The standard InChI is InChI=1S/C14H19F3N2O2S.ClH/c1-10(18)13-7-2-3-8-19(13)22(20,21)12-6-4-5-11(9-12)14(15,16)17;/h4-6,9-10,13H,2-3,7-8,18H2,1H3;1H. The van der Waals surface area contributed by atoms with Gasteiger partial charge in [0.15, 0.2) is 0 Å². The molecule has 0 amide bonds. The molecule has 0 bridgehead atoms. The highest BCUT2D eigenvalue weighted by molar-refractivity contribution is 7.89. The second-order valence-corrected chi connectivity index (χ2v) is 7.45. The first-order valence-corrected chi connectivity index (χ1v) is 8.53. The number of sulfonamides is 1. The maximum absolute atomic E-state index is 12.8. The van der Waals surface area contributed by atoms with Crippen molar-refractivity contribution < 1.29 is 21.6 Å². The normalized spacial score (nSPS) is 21.5. The molecule has 1 saturated heterocycles. The summed E-state index contributed by atoms with van der Waals surface area (Å²) in [7, 11) is -3.99. The summed E-state index contributed by atoms with van der Waals surface area (Å²) in [5, 5.41) is 0. The molecular formula is C14H20ClF3N2O2S. The first-order chi connectivity index (χ1) is 10.1. The molecule has 1 aromatic carbocycles. The van der Waals surface area contributed by atoms with E-state index >= 15 is 0 Å². The summed E-state index contributed by atoms with van der Waals surface area (Å²) >= 11 is 0. The Kier molecular flexibility index (Phi) is 6.48. The van der Waals surface area contributed by atoms with Crippen molar-refractivity contribution in [1.82, 2.24) is 4.31 Å². The van der Waals surface area contributed by atoms with Crippen LogP contribution in [-0.4, -0.2) is 31.4 Å². The highest BCUT2D eigenvalue weighted by Crippen LogP contribution is 2.32. The average Bonchev–Trinajstić information content (AvgIpc) is 2.46. The van der Waals surface area contributed by atoms with E-state index in [0.717, 1.165) is 18.6 Å². The Morgan fingerprint density at radius 1 is 1.30 bits per heavy atom. The molecule has 1 aromatic rings. The number of benzene rings is 1. The maximum atomic E-state index is 12.8. The summed E-state index contributed by atoms with van der Waals surface area (Å²) in [5.41, 5.74) is 4.88. The van der Waals surface area contributed by atoms with E-state index in [9.17, 15) is 21.6 Å². The van der Waals surface area contributed by atoms with Crippen LogP contribution in [0.25, 0.3) is 0 Å². The Hall–Kier alpha value is -0.830. The van der Waals surface area contributed by atoms with Gasteiger partial charge in [-0.25, -0.2) is 8.42 Å². The fourth-order valence-corrected chi connectivity index (χ4v) is 4.54. The number of hydrogen-bond donors (Lipinski definition) is 1. The van der Waals surface area contributed by atoms with Crippen LogP contribution in [0.3, 0.4) is 0 Å². The van der Waals surface area contributed by atoms with Gasteiger partial charge in [0.25, 0.3) is 0 Å². The van der Waals surface area contributed by atoms with E-state index in [0.29, 0.717) is 18.9 Å². The van der Waals surface area contributed by atoms with Gasteiger partial charge < -0.3 is 5.73 Å².